The van der Waals surface area contributed by atoms with Crippen LogP contribution in [0.15, 0.2) is 243 Å². The molecule has 3 heterocycles. The molecule has 1 aliphatic rings. The summed E-state index contributed by atoms with van der Waals surface area (Å²) in [4.78, 5) is 14.3. The standard InChI is InChI=1S/C62H41N3O/c1-2-23-56-54(22-1)55-29-28-53(40-58(55)61(56)60-25-4-6-32-64-60)66-52-21-11-20-51(38-52)62-57-39-49(27-26-41(57)30-33-65-62)47-17-9-15-45(36-47)43-13-7-12-42(34-43)44-14-8-16-46(35-44)48-18-10-19-50(37-48)59-24-3-5-31-63-59/h1-40,61H. The third-order valence-electron chi connectivity index (χ3n) is 12.7. The van der Waals surface area contributed by atoms with Gasteiger partial charge in [-0.25, -0.2) is 0 Å². The normalized spacial score (nSPS) is 12.7. The van der Waals surface area contributed by atoms with Crippen molar-refractivity contribution in [2.75, 3.05) is 0 Å². The van der Waals surface area contributed by atoms with Crippen molar-refractivity contribution >= 4 is 10.8 Å². The molecule has 11 aromatic rings. The second-order valence-corrected chi connectivity index (χ2v) is 16.8. The number of rotatable bonds is 9. The van der Waals surface area contributed by atoms with Crippen molar-refractivity contribution in [3.63, 3.8) is 0 Å². The summed E-state index contributed by atoms with van der Waals surface area (Å²) in [5.74, 6) is 1.59. The van der Waals surface area contributed by atoms with Gasteiger partial charge in [0.15, 0.2) is 0 Å². The molecule has 12 rings (SSSR count). The van der Waals surface area contributed by atoms with E-state index in [4.69, 9.17) is 14.7 Å². The van der Waals surface area contributed by atoms with E-state index in [1.54, 1.807) is 0 Å². The van der Waals surface area contributed by atoms with Crippen molar-refractivity contribution in [1.29, 1.82) is 0 Å². The van der Waals surface area contributed by atoms with E-state index in [9.17, 15) is 0 Å². The van der Waals surface area contributed by atoms with Gasteiger partial charge >= 0.3 is 0 Å². The number of pyridine rings is 3. The van der Waals surface area contributed by atoms with Crippen LogP contribution in [-0.4, -0.2) is 15.0 Å². The largest absolute Gasteiger partial charge is 0.457 e. The molecular formula is C62H41N3O. The molecule has 0 fully saturated rings. The molecule has 1 aliphatic carbocycles. The van der Waals surface area contributed by atoms with Gasteiger partial charge in [0, 0.05) is 35.1 Å². The molecule has 1 atom stereocenters. The predicted molar refractivity (Wildman–Crippen MR) is 269 cm³/mol. The van der Waals surface area contributed by atoms with E-state index >= 15 is 0 Å². The Bertz CT molecular complexity index is 3580. The first-order valence-electron chi connectivity index (χ1n) is 22.3. The topological polar surface area (TPSA) is 47.9 Å². The van der Waals surface area contributed by atoms with Gasteiger partial charge in [0.05, 0.1) is 23.0 Å². The van der Waals surface area contributed by atoms with Crippen LogP contribution in [0.3, 0.4) is 0 Å². The molecule has 8 aromatic carbocycles. The first-order valence-corrected chi connectivity index (χ1v) is 22.3. The number of aromatic nitrogens is 3. The zero-order chi connectivity index (χ0) is 43.8. The molecule has 1 unspecified atom stereocenters. The first-order chi connectivity index (χ1) is 32.7. The van der Waals surface area contributed by atoms with Gasteiger partial charge in [-0.2, -0.15) is 0 Å². The second kappa shape index (κ2) is 16.8. The molecule has 4 nitrogen and oxygen atoms in total. The minimum atomic E-state index is 0.0450. The lowest BCUT2D eigenvalue weighted by atomic mass is 9.93. The minimum Gasteiger partial charge on any atom is -0.457 e. The molecule has 0 spiro atoms. The highest BCUT2D eigenvalue weighted by Gasteiger charge is 2.31. The zero-order valence-corrected chi connectivity index (χ0v) is 35.9. The van der Waals surface area contributed by atoms with Crippen LogP contribution in [0, 0.1) is 0 Å². The summed E-state index contributed by atoms with van der Waals surface area (Å²) >= 11 is 0. The number of hydrogen-bond donors (Lipinski definition) is 0. The van der Waals surface area contributed by atoms with Crippen molar-refractivity contribution in [2.45, 2.75) is 5.92 Å². The van der Waals surface area contributed by atoms with Crippen LogP contribution in [-0.2, 0) is 0 Å². The van der Waals surface area contributed by atoms with Crippen LogP contribution in [0.4, 0.5) is 0 Å². The fourth-order valence-corrected chi connectivity index (χ4v) is 9.56. The highest BCUT2D eigenvalue weighted by atomic mass is 16.5. The number of fused-ring (bicyclic) bond motifs is 4. The lowest BCUT2D eigenvalue weighted by Crippen LogP contribution is -2.01. The van der Waals surface area contributed by atoms with Crippen molar-refractivity contribution in [3.8, 4) is 89.6 Å². The molecule has 0 radical (unpaired) electrons. The van der Waals surface area contributed by atoms with Gasteiger partial charge in [-0.15, -0.1) is 0 Å². The van der Waals surface area contributed by atoms with Gasteiger partial charge in [0.1, 0.15) is 11.5 Å². The molecule has 4 heteroatoms. The first kappa shape index (κ1) is 38.9. The van der Waals surface area contributed by atoms with E-state index in [1.165, 1.54) is 38.9 Å². The van der Waals surface area contributed by atoms with E-state index in [0.29, 0.717) is 0 Å². The Morgan fingerprint density at radius 1 is 0.318 bits per heavy atom. The highest BCUT2D eigenvalue weighted by Crippen LogP contribution is 2.49. The third-order valence-corrected chi connectivity index (χ3v) is 12.7. The fourth-order valence-electron chi connectivity index (χ4n) is 9.56. The second-order valence-electron chi connectivity index (χ2n) is 16.8. The lowest BCUT2D eigenvalue weighted by Gasteiger charge is -2.15. The maximum Gasteiger partial charge on any atom is 0.128 e. The molecule has 3 aromatic heterocycles. The van der Waals surface area contributed by atoms with Crippen LogP contribution in [0.1, 0.15) is 22.7 Å². The molecule has 0 aliphatic heterocycles. The van der Waals surface area contributed by atoms with Crippen LogP contribution in [0.5, 0.6) is 11.5 Å². The Labute approximate surface area is 384 Å². The summed E-state index contributed by atoms with van der Waals surface area (Å²) < 4.78 is 6.64. The van der Waals surface area contributed by atoms with E-state index in [1.807, 2.05) is 48.9 Å². The van der Waals surface area contributed by atoms with Gasteiger partial charge in [0.2, 0.25) is 0 Å². The van der Waals surface area contributed by atoms with Crippen molar-refractivity contribution in [3.05, 3.63) is 260 Å². The Kier molecular flexibility index (Phi) is 9.88. The highest BCUT2D eigenvalue weighted by molar-refractivity contribution is 5.97. The van der Waals surface area contributed by atoms with Crippen molar-refractivity contribution in [1.82, 2.24) is 15.0 Å². The molecule has 0 amide bonds. The Hall–Kier alpha value is -8.73. The summed E-state index contributed by atoms with van der Waals surface area (Å²) in [7, 11) is 0. The van der Waals surface area contributed by atoms with Crippen LogP contribution in [0.2, 0.25) is 0 Å². The van der Waals surface area contributed by atoms with Gasteiger partial charge in [-0.1, -0.05) is 140 Å². The maximum atomic E-state index is 6.64. The van der Waals surface area contributed by atoms with Crippen LogP contribution in [0.25, 0.3) is 88.9 Å². The van der Waals surface area contributed by atoms with E-state index in [-0.39, 0.29) is 5.92 Å². The third kappa shape index (κ3) is 7.40. The average Bonchev–Trinajstić information content (AvgIpc) is 3.72. The van der Waals surface area contributed by atoms with Crippen LogP contribution < -0.4 is 4.74 Å². The number of ether oxygens (including phenoxy) is 1. The summed E-state index contributed by atoms with van der Waals surface area (Å²) in [6.07, 6.45) is 5.60. The van der Waals surface area contributed by atoms with E-state index in [2.05, 4.69) is 199 Å². The summed E-state index contributed by atoms with van der Waals surface area (Å²) in [6.45, 7) is 0. The number of hydrogen-bond acceptors (Lipinski definition) is 4. The average molecular weight is 844 g/mol. The van der Waals surface area contributed by atoms with Crippen molar-refractivity contribution in [2.24, 2.45) is 0 Å². The SMILES string of the molecule is c1ccc(-c2cccc(-c3cccc(-c4cccc(-c5cccc(-c6ccc7ccnc(-c8cccc(Oc9ccc%10c(c9)C(c9ccccn9)c9ccccc9-%10)c8)c7c6)c5)c4)c3)c2)nc1. The van der Waals surface area contributed by atoms with E-state index < -0.39 is 0 Å². The molecule has 0 saturated heterocycles. The van der Waals surface area contributed by atoms with Gasteiger partial charge in [-0.05, 0) is 157 Å². The number of benzene rings is 8. The zero-order valence-electron chi connectivity index (χ0n) is 35.9. The Morgan fingerprint density at radius 2 is 0.879 bits per heavy atom. The predicted octanol–water partition coefficient (Wildman–Crippen LogP) is 16.0. The van der Waals surface area contributed by atoms with Crippen molar-refractivity contribution < 1.29 is 4.74 Å². The smallest absolute Gasteiger partial charge is 0.128 e. The van der Waals surface area contributed by atoms with Crippen LogP contribution >= 0.6 is 0 Å². The molecular weight excluding hydrogens is 803 g/mol. The molecule has 0 N–H and O–H groups in total. The monoisotopic (exact) mass is 843 g/mol. The summed E-state index contributed by atoms with van der Waals surface area (Å²) in [6, 6.07) is 79.3. The molecule has 0 bridgehead atoms. The fraction of sp³-hybridized carbons (Fsp3) is 0.0161. The number of nitrogens with zero attached hydrogens (tertiary/aromatic N) is 3. The minimum absolute atomic E-state index is 0.0450. The Morgan fingerprint density at radius 3 is 1.55 bits per heavy atom. The molecule has 66 heavy (non-hydrogen) atoms. The van der Waals surface area contributed by atoms with Gasteiger partial charge in [-0.3, -0.25) is 15.0 Å². The molecule has 310 valence electrons. The summed E-state index contributed by atoms with van der Waals surface area (Å²) in [5, 5.41) is 2.21. The Balaban J connectivity index is 0.824. The van der Waals surface area contributed by atoms with E-state index in [0.717, 1.165) is 78.3 Å². The quantitative estimate of drug-likeness (QED) is 0.145. The lowest BCUT2D eigenvalue weighted by molar-refractivity contribution is 0.482. The van der Waals surface area contributed by atoms with Gasteiger partial charge in [0.25, 0.3) is 0 Å². The summed E-state index contributed by atoms with van der Waals surface area (Å²) in [5.41, 5.74) is 19.2. The molecule has 0 saturated carbocycles. The maximum absolute atomic E-state index is 6.64. The van der Waals surface area contributed by atoms with Gasteiger partial charge < -0.3 is 4.74 Å².